The van der Waals surface area contributed by atoms with Gasteiger partial charge in [0, 0.05) is 19.5 Å². The molecule has 0 aliphatic carbocycles. The number of hydrogen-bond acceptors (Lipinski definition) is 3. The zero-order valence-electron chi connectivity index (χ0n) is 14.4. The first kappa shape index (κ1) is 17.0. The highest BCUT2D eigenvalue weighted by molar-refractivity contribution is 5.99. The molecule has 1 unspecified atom stereocenters. The summed E-state index contributed by atoms with van der Waals surface area (Å²) in [6.07, 6.45) is 3.15. The van der Waals surface area contributed by atoms with Crippen molar-refractivity contribution in [3.05, 3.63) is 28.8 Å². The normalized spacial score (nSPS) is 19.2. The van der Waals surface area contributed by atoms with E-state index < -0.39 is 0 Å². The molecule has 2 rings (SSSR count). The maximum Gasteiger partial charge on any atom is 0.167 e. The molecule has 0 radical (unpaired) electrons. The minimum atomic E-state index is 0.199. The highest BCUT2D eigenvalue weighted by atomic mass is 16.5. The van der Waals surface area contributed by atoms with Crippen LogP contribution in [-0.4, -0.2) is 36.9 Å². The zero-order chi connectivity index (χ0) is 16.1. The Morgan fingerprint density at radius 2 is 2.05 bits per heavy atom. The summed E-state index contributed by atoms with van der Waals surface area (Å²) >= 11 is 0. The molecule has 22 heavy (non-hydrogen) atoms. The van der Waals surface area contributed by atoms with Gasteiger partial charge in [0.05, 0.1) is 12.2 Å². The van der Waals surface area contributed by atoms with Crippen LogP contribution in [0.15, 0.2) is 12.1 Å². The lowest BCUT2D eigenvalue weighted by molar-refractivity contribution is 0.0945. The van der Waals surface area contributed by atoms with Crippen LogP contribution in [0.1, 0.15) is 54.6 Å². The van der Waals surface area contributed by atoms with Crippen molar-refractivity contribution >= 4 is 5.78 Å². The summed E-state index contributed by atoms with van der Waals surface area (Å²) in [7, 11) is 0. The highest BCUT2D eigenvalue weighted by Crippen LogP contribution is 2.25. The van der Waals surface area contributed by atoms with Crippen LogP contribution in [0.2, 0.25) is 0 Å². The van der Waals surface area contributed by atoms with Crippen molar-refractivity contribution in [2.45, 2.75) is 47.0 Å². The average molecular weight is 303 g/mol. The number of ether oxygens (including phenoxy) is 1. The quantitative estimate of drug-likeness (QED) is 0.744. The van der Waals surface area contributed by atoms with Gasteiger partial charge in [-0.25, -0.2) is 0 Å². The van der Waals surface area contributed by atoms with Gasteiger partial charge >= 0.3 is 0 Å². The summed E-state index contributed by atoms with van der Waals surface area (Å²) < 4.78 is 5.67. The lowest BCUT2D eigenvalue weighted by Crippen LogP contribution is -2.35. The largest absolute Gasteiger partial charge is 0.493 e. The maximum atomic E-state index is 12.6. The zero-order valence-corrected chi connectivity index (χ0v) is 14.4. The molecule has 3 heteroatoms. The predicted octanol–water partition coefficient (Wildman–Crippen LogP) is 4.01. The molecule has 0 aromatic heterocycles. The molecule has 1 aromatic carbocycles. The van der Waals surface area contributed by atoms with Crippen molar-refractivity contribution in [2.24, 2.45) is 5.92 Å². The Kier molecular flexibility index (Phi) is 6.01. The van der Waals surface area contributed by atoms with Crippen molar-refractivity contribution in [2.75, 3.05) is 26.2 Å². The van der Waals surface area contributed by atoms with E-state index in [1.54, 1.807) is 0 Å². The van der Waals surface area contributed by atoms with Crippen LogP contribution >= 0.6 is 0 Å². The Morgan fingerprint density at radius 3 is 2.73 bits per heavy atom. The van der Waals surface area contributed by atoms with Gasteiger partial charge in [-0.2, -0.15) is 0 Å². The molecule has 3 nitrogen and oxygen atoms in total. The number of hydrogen-bond donors (Lipinski definition) is 0. The fourth-order valence-corrected chi connectivity index (χ4v) is 3.17. The van der Waals surface area contributed by atoms with Crippen LogP contribution < -0.4 is 4.74 Å². The molecule has 122 valence electrons. The lowest BCUT2D eigenvalue weighted by atomic mass is 9.98. The minimum Gasteiger partial charge on any atom is -0.493 e. The standard InChI is InChI=1S/C19H29NO2/c1-5-22-19-12-16(4)15(3)11-17(19)18(21)8-10-20-9-6-7-14(2)13-20/h11-12,14H,5-10,13H2,1-4H3. The molecule has 1 aliphatic heterocycles. The van der Waals surface area contributed by atoms with Gasteiger partial charge in [-0.05, 0) is 69.3 Å². The van der Waals surface area contributed by atoms with Gasteiger partial charge in [0.1, 0.15) is 5.75 Å². The lowest BCUT2D eigenvalue weighted by Gasteiger charge is -2.30. The van der Waals surface area contributed by atoms with E-state index in [1.807, 2.05) is 26.0 Å². The van der Waals surface area contributed by atoms with Gasteiger partial charge < -0.3 is 9.64 Å². The van der Waals surface area contributed by atoms with Crippen LogP contribution in [0.25, 0.3) is 0 Å². The second-order valence-corrected chi connectivity index (χ2v) is 6.59. The van der Waals surface area contributed by atoms with Gasteiger partial charge in [0.2, 0.25) is 0 Å². The Balaban J connectivity index is 2.03. The first-order chi connectivity index (χ1) is 10.5. The van der Waals surface area contributed by atoms with E-state index in [0.717, 1.165) is 42.4 Å². The van der Waals surface area contributed by atoms with E-state index in [0.29, 0.717) is 13.0 Å². The molecule has 0 saturated carbocycles. The Morgan fingerprint density at radius 1 is 1.32 bits per heavy atom. The van der Waals surface area contributed by atoms with Crippen molar-refractivity contribution in [1.29, 1.82) is 0 Å². The van der Waals surface area contributed by atoms with Crippen LogP contribution in [0.3, 0.4) is 0 Å². The Hall–Kier alpha value is -1.35. The third kappa shape index (κ3) is 4.33. The second kappa shape index (κ2) is 7.77. The first-order valence-electron chi connectivity index (χ1n) is 8.50. The Labute approximate surface area is 134 Å². The number of ketones is 1. The van der Waals surface area contributed by atoms with Crippen LogP contribution in [0.5, 0.6) is 5.75 Å². The molecule has 0 bridgehead atoms. The SMILES string of the molecule is CCOc1cc(C)c(C)cc1C(=O)CCN1CCCC(C)C1. The van der Waals surface area contributed by atoms with E-state index >= 15 is 0 Å². The highest BCUT2D eigenvalue weighted by Gasteiger charge is 2.19. The molecular weight excluding hydrogens is 274 g/mol. The van der Waals surface area contributed by atoms with Gasteiger partial charge in [0.15, 0.2) is 5.78 Å². The molecule has 1 heterocycles. The number of carbonyl (C=O) groups is 1. The fraction of sp³-hybridized carbons (Fsp3) is 0.632. The number of nitrogens with zero attached hydrogens (tertiary/aromatic N) is 1. The molecule has 1 saturated heterocycles. The number of Topliss-reactive ketones (excluding diaryl/α,β-unsaturated/α-hetero) is 1. The number of piperidine rings is 1. The number of benzene rings is 1. The van der Waals surface area contributed by atoms with Gasteiger partial charge in [-0.3, -0.25) is 4.79 Å². The maximum absolute atomic E-state index is 12.6. The van der Waals surface area contributed by atoms with Gasteiger partial charge in [0.25, 0.3) is 0 Å². The van der Waals surface area contributed by atoms with Gasteiger partial charge in [-0.15, -0.1) is 0 Å². The molecule has 1 fully saturated rings. The number of carbonyl (C=O) groups excluding carboxylic acids is 1. The fourth-order valence-electron chi connectivity index (χ4n) is 3.17. The summed E-state index contributed by atoms with van der Waals surface area (Å²) in [5.74, 6) is 1.69. The number of aryl methyl sites for hydroxylation is 2. The molecule has 0 N–H and O–H groups in total. The molecular formula is C19H29NO2. The van der Waals surface area contributed by atoms with Crippen LogP contribution in [0, 0.1) is 19.8 Å². The third-order valence-corrected chi connectivity index (χ3v) is 4.59. The van der Waals surface area contributed by atoms with Crippen LogP contribution in [-0.2, 0) is 0 Å². The van der Waals surface area contributed by atoms with Gasteiger partial charge in [-0.1, -0.05) is 6.92 Å². The van der Waals surface area contributed by atoms with Crippen LogP contribution in [0.4, 0.5) is 0 Å². The number of likely N-dealkylation sites (tertiary alicyclic amines) is 1. The van der Waals surface area contributed by atoms with E-state index in [1.165, 1.54) is 18.4 Å². The summed E-state index contributed by atoms with van der Waals surface area (Å²) in [6.45, 7) is 12.1. The molecule has 1 atom stereocenters. The predicted molar refractivity (Wildman–Crippen MR) is 90.9 cm³/mol. The van der Waals surface area contributed by atoms with Crippen molar-refractivity contribution < 1.29 is 9.53 Å². The molecule has 1 aliphatic rings. The smallest absolute Gasteiger partial charge is 0.167 e. The topological polar surface area (TPSA) is 29.5 Å². The molecule has 0 spiro atoms. The molecule has 0 amide bonds. The summed E-state index contributed by atoms with van der Waals surface area (Å²) in [5.41, 5.74) is 3.07. The minimum absolute atomic E-state index is 0.199. The summed E-state index contributed by atoms with van der Waals surface area (Å²) in [5, 5.41) is 0. The van der Waals surface area contributed by atoms with Crippen molar-refractivity contribution in [3.63, 3.8) is 0 Å². The summed E-state index contributed by atoms with van der Waals surface area (Å²) in [4.78, 5) is 15.0. The van der Waals surface area contributed by atoms with E-state index in [9.17, 15) is 4.79 Å². The number of rotatable bonds is 6. The van der Waals surface area contributed by atoms with E-state index in [4.69, 9.17) is 4.74 Å². The summed E-state index contributed by atoms with van der Waals surface area (Å²) in [6, 6.07) is 3.98. The first-order valence-corrected chi connectivity index (χ1v) is 8.50. The average Bonchev–Trinajstić information content (AvgIpc) is 2.48. The molecule has 1 aromatic rings. The monoisotopic (exact) mass is 303 g/mol. The van der Waals surface area contributed by atoms with Crippen molar-refractivity contribution in [1.82, 2.24) is 4.90 Å². The third-order valence-electron chi connectivity index (χ3n) is 4.59. The second-order valence-electron chi connectivity index (χ2n) is 6.59. The Bertz CT molecular complexity index is 524. The van der Waals surface area contributed by atoms with E-state index in [-0.39, 0.29) is 5.78 Å². The van der Waals surface area contributed by atoms with Crippen molar-refractivity contribution in [3.8, 4) is 5.75 Å². The van der Waals surface area contributed by atoms with E-state index in [2.05, 4.69) is 18.7 Å².